The van der Waals surface area contributed by atoms with E-state index in [1.807, 2.05) is 30.3 Å². The van der Waals surface area contributed by atoms with Crippen LogP contribution in [0.15, 0.2) is 59.1 Å². The van der Waals surface area contributed by atoms with E-state index in [4.69, 9.17) is 4.74 Å². The summed E-state index contributed by atoms with van der Waals surface area (Å²) in [7, 11) is 0. The number of nitrogens with zero attached hydrogens (tertiary/aromatic N) is 1. The zero-order valence-electron chi connectivity index (χ0n) is 18.1. The van der Waals surface area contributed by atoms with Gasteiger partial charge in [-0.1, -0.05) is 46.3 Å². The highest BCUT2D eigenvalue weighted by molar-refractivity contribution is 9.10. The monoisotopic (exact) mass is 496 g/mol. The Balaban J connectivity index is 1.38. The molecule has 32 heavy (non-hydrogen) atoms. The lowest BCUT2D eigenvalue weighted by atomic mass is 9.66. The van der Waals surface area contributed by atoms with E-state index < -0.39 is 6.09 Å². The Morgan fingerprint density at radius 1 is 1.09 bits per heavy atom. The largest absolute Gasteiger partial charge is 0.446 e. The van der Waals surface area contributed by atoms with E-state index in [-0.39, 0.29) is 12.0 Å². The van der Waals surface area contributed by atoms with Crippen LogP contribution >= 0.6 is 15.9 Å². The van der Waals surface area contributed by atoms with Gasteiger partial charge in [0, 0.05) is 35.1 Å². The summed E-state index contributed by atoms with van der Waals surface area (Å²) in [6, 6.07) is 18.3. The molecule has 6 heteroatoms. The van der Waals surface area contributed by atoms with Crippen molar-refractivity contribution in [3.8, 4) is 0 Å². The predicted octanol–water partition coefficient (Wildman–Crippen LogP) is 5.65. The zero-order valence-corrected chi connectivity index (χ0v) is 19.7. The molecule has 1 saturated carbocycles. The summed E-state index contributed by atoms with van der Waals surface area (Å²) in [5, 5.41) is 2.89. The number of carbonyl (C=O) groups excluding carboxylic acids is 2. The molecule has 2 heterocycles. The van der Waals surface area contributed by atoms with Gasteiger partial charge in [0.05, 0.1) is 0 Å². The molecule has 5 nitrogen and oxygen atoms in total. The molecule has 1 aliphatic carbocycles. The third-order valence-corrected chi connectivity index (χ3v) is 8.03. The van der Waals surface area contributed by atoms with Gasteiger partial charge >= 0.3 is 6.09 Å². The minimum absolute atomic E-state index is 0.148. The second-order valence-corrected chi connectivity index (χ2v) is 10.3. The fourth-order valence-electron chi connectivity index (χ4n) is 6.15. The molecule has 0 bridgehead atoms. The number of amides is 2. The number of carbonyl (C=O) groups is 2. The smallest absolute Gasteiger partial charge is 0.411 e. The Bertz CT molecular complexity index is 965. The van der Waals surface area contributed by atoms with Crippen LogP contribution in [0.5, 0.6) is 0 Å². The van der Waals surface area contributed by atoms with Crippen LogP contribution in [-0.4, -0.2) is 35.6 Å². The van der Waals surface area contributed by atoms with Crippen LogP contribution in [0.1, 0.15) is 37.7 Å². The van der Waals surface area contributed by atoms with Crippen LogP contribution in [0.3, 0.4) is 0 Å². The third kappa shape index (κ3) is 4.42. The minimum Gasteiger partial charge on any atom is -0.446 e. The number of anilines is 1. The first-order valence-corrected chi connectivity index (χ1v) is 12.4. The highest BCUT2D eigenvalue weighted by Crippen LogP contribution is 2.48. The average molecular weight is 497 g/mol. The standard InChI is InChI=1S/C26H29BrN2O3/c27-19-9-11-20(12-10-19)28-26(31)32-23-16-18-13-14-29-24(30)8-4-7-21(25(18)29)22(23)15-17-5-2-1-3-6-17/h1-3,5-6,9-12,18,21-23,25H,4,7-8,13-16H2,(H,28,31)/t18-,21+,22+,23-,25-/m0/s1. The topological polar surface area (TPSA) is 58.6 Å². The lowest BCUT2D eigenvalue weighted by Crippen LogP contribution is -2.52. The van der Waals surface area contributed by atoms with E-state index in [0.29, 0.717) is 30.2 Å². The van der Waals surface area contributed by atoms with E-state index in [1.54, 1.807) is 0 Å². The van der Waals surface area contributed by atoms with Crippen molar-refractivity contribution in [2.24, 2.45) is 17.8 Å². The van der Waals surface area contributed by atoms with E-state index in [9.17, 15) is 9.59 Å². The molecule has 0 unspecified atom stereocenters. The van der Waals surface area contributed by atoms with Crippen molar-refractivity contribution < 1.29 is 14.3 Å². The van der Waals surface area contributed by atoms with E-state index in [0.717, 1.165) is 48.8 Å². The minimum atomic E-state index is -0.395. The first kappa shape index (κ1) is 21.5. The molecule has 0 aromatic heterocycles. The molecular formula is C26H29BrN2O3. The lowest BCUT2D eigenvalue weighted by Gasteiger charge is -2.46. The number of rotatable bonds is 4. The summed E-state index contributed by atoms with van der Waals surface area (Å²) in [5.74, 6) is 1.31. The van der Waals surface area contributed by atoms with E-state index in [2.05, 4.69) is 50.4 Å². The fraction of sp³-hybridized carbons (Fsp3) is 0.462. The lowest BCUT2D eigenvalue weighted by molar-refractivity contribution is -0.134. The van der Waals surface area contributed by atoms with Gasteiger partial charge in [-0.05, 0) is 73.8 Å². The molecule has 2 amide bonds. The molecule has 2 aliphatic heterocycles. The molecule has 2 aromatic carbocycles. The highest BCUT2D eigenvalue weighted by atomic mass is 79.9. The molecule has 0 spiro atoms. The maximum Gasteiger partial charge on any atom is 0.411 e. The van der Waals surface area contributed by atoms with Crippen molar-refractivity contribution in [1.82, 2.24) is 4.90 Å². The third-order valence-electron chi connectivity index (χ3n) is 7.50. The summed E-state index contributed by atoms with van der Waals surface area (Å²) < 4.78 is 7.08. The molecule has 5 atom stereocenters. The van der Waals surface area contributed by atoms with Gasteiger partial charge in [0.25, 0.3) is 0 Å². The quantitative estimate of drug-likeness (QED) is 0.595. The van der Waals surface area contributed by atoms with Gasteiger partial charge in [0.15, 0.2) is 0 Å². The van der Waals surface area contributed by atoms with E-state index >= 15 is 0 Å². The van der Waals surface area contributed by atoms with Gasteiger partial charge in [0.2, 0.25) is 5.91 Å². The molecular weight excluding hydrogens is 468 g/mol. The van der Waals surface area contributed by atoms with Crippen LogP contribution in [0.25, 0.3) is 0 Å². The van der Waals surface area contributed by atoms with Crippen LogP contribution < -0.4 is 5.32 Å². The Hall–Kier alpha value is -2.34. The molecule has 1 N–H and O–H groups in total. The SMILES string of the molecule is O=C(Nc1ccc(Br)cc1)O[C@H]1C[C@@H]2CCN3C(=O)CCC[C@H]([C@H]1Cc1ccccc1)[C@H]23. The second-order valence-electron chi connectivity index (χ2n) is 9.35. The maximum atomic E-state index is 12.8. The summed E-state index contributed by atoms with van der Waals surface area (Å²) >= 11 is 3.42. The Morgan fingerprint density at radius 3 is 2.66 bits per heavy atom. The Morgan fingerprint density at radius 2 is 1.88 bits per heavy atom. The number of hydrogen-bond donors (Lipinski definition) is 1. The molecule has 2 saturated heterocycles. The first-order chi connectivity index (χ1) is 15.6. The van der Waals surface area contributed by atoms with Gasteiger partial charge in [-0.15, -0.1) is 0 Å². The van der Waals surface area contributed by atoms with Crippen molar-refractivity contribution in [2.75, 3.05) is 11.9 Å². The normalized spacial score (nSPS) is 29.2. The van der Waals surface area contributed by atoms with Crippen LogP contribution in [-0.2, 0) is 16.0 Å². The molecule has 168 valence electrons. The van der Waals surface area contributed by atoms with Crippen molar-refractivity contribution >= 4 is 33.6 Å². The van der Waals surface area contributed by atoms with Gasteiger partial charge in [-0.25, -0.2) is 4.79 Å². The van der Waals surface area contributed by atoms with Crippen LogP contribution in [0.4, 0.5) is 10.5 Å². The molecule has 3 fully saturated rings. The van der Waals surface area contributed by atoms with Crippen molar-refractivity contribution in [1.29, 1.82) is 0 Å². The maximum absolute atomic E-state index is 12.8. The second kappa shape index (κ2) is 9.26. The Kier molecular flexibility index (Phi) is 6.22. The van der Waals surface area contributed by atoms with Crippen molar-refractivity contribution in [3.05, 3.63) is 64.6 Å². The molecule has 0 radical (unpaired) electrons. The summed E-state index contributed by atoms with van der Waals surface area (Å²) in [6.45, 7) is 0.848. The summed E-state index contributed by atoms with van der Waals surface area (Å²) in [6.07, 6.45) is 4.76. The first-order valence-electron chi connectivity index (χ1n) is 11.6. The van der Waals surface area contributed by atoms with Gasteiger partial charge in [0.1, 0.15) is 6.10 Å². The van der Waals surface area contributed by atoms with Crippen LogP contribution in [0, 0.1) is 17.8 Å². The molecule has 2 aromatic rings. The zero-order chi connectivity index (χ0) is 22.1. The van der Waals surface area contributed by atoms with Crippen molar-refractivity contribution in [2.45, 2.75) is 50.7 Å². The predicted molar refractivity (Wildman–Crippen MR) is 127 cm³/mol. The molecule has 3 aliphatic rings. The number of halogens is 1. The highest BCUT2D eigenvalue weighted by Gasteiger charge is 2.52. The van der Waals surface area contributed by atoms with Gasteiger partial charge < -0.3 is 9.64 Å². The average Bonchev–Trinajstić information content (AvgIpc) is 3.13. The fourth-order valence-corrected chi connectivity index (χ4v) is 6.41. The Labute approximate surface area is 197 Å². The summed E-state index contributed by atoms with van der Waals surface area (Å²) in [5.41, 5.74) is 1.98. The number of ether oxygens (including phenoxy) is 1. The van der Waals surface area contributed by atoms with Crippen LogP contribution in [0.2, 0.25) is 0 Å². The summed E-state index contributed by atoms with van der Waals surface area (Å²) in [4.78, 5) is 27.7. The number of nitrogens with one attached hydrogen (secondary N) is 1. The van der Waals surface area contributed by atoms with Gasteiger partial charge in [-0.2, -0.15) is 0 Å². The van der Waals surface area contributed by atoms with Crippen molar-refractivity contribution in [3.63, 3.8) is 0 Å². The number of benzene rings is 2. The van der Waals surface area contributed by atoms with E-state index in [1.165, 1.54) is 5.56 Å². The molecule has 5 rings (SSSR count). The number of hydrogen-bond acceptors (Lipinski definition) is 3. The van der Waals surface area contributed by atoms with Gasteiger partial charge in [-0.3, -0.25) is 10.1 Å².